The van der Waals surface area contributed by atoms with Gasteiger partial charge in [-0.25, -0.2) is 4.39 Å². The maximum atomic E-state index is 13.0. The number of carbonyl (C=O) groups excluding carboxylic acids is 1. The van der Waals surface area contributed by atoms with E-state index in [1.165, 1.54) is 25.3 Å². The number of para-hydroxylation sites is 2. The van der Waals surface area contributed by atoms with Crippen molar-refractivity contribution in [2.75, 3.05) is 24.8 Å². The average molecular weight is 290 g/mol. The van der Waals surface area contributed by atoms with Gasteiger partial charge >= 0.3 is 0 Å². The number of nitrogens with one attached hydrogen (secondary N) is 1. The molecule has 0 aromatic heterocycles. The van der Waals surface area contributed by atoms with Crippen LogP contribution in [0.15, 0.2) is 42.5 Å². The van der Waals surface area contributed by atoms with E-state index in [2.05, 4.69) is 5.32 Å². The fourth-order valence-corrected chi connectivity index (χ4v) is 1.70. The average Bonchev–Trinajstić information content (AvgIpc) is 2.49. The molecule has 0 aliphatic carbocycles. The molecule has 0 heterocycles. The van der Waals surface area contributed by atoms with Crippen LogP contribution in [0.25, 0.3) is 0 Å². The Kier molecular flexibility index (Phi) is 4.61. The van der Waals surface area contributed by atoms with Crippen molar-refractivity contribution in [3.8, 4) is 11.5 Å². The number of amides is 1. The highest BCUT2D eigenvalue weighted by atomic mass is 19.1. The van der Waals surface area contributed by atoms with E-state index in [1.807, 2.05) is 0 Å². The van der Waals surface area contributed by atoms with Gasteiger partial charge in [0.25, 0.3) is 5.91 Å². The molecule has 6 heteroatoms. The molecule has 0 saturated carbocycles. The topological polar surface area (TPSA) is 73.6 Å². The maximum Gasteiger partial charge on any atom is 0.262 e. The molecule has 2 aromatic carbocycles. The highest BCUT2D eigenvalue weighted by molar-refractivity contribution is 5.92. The Hall–Kier alpha value is -2.76. The van der Waals surface area contributed by atoms with Crippen molar-refractivity contribution in [3.05, 3.63) is 48.3 Å². The van der Waals surface area contributed by atoms with E-state index < -0.39 is 5.82 Å². The van der Waals surface area contributed by atoms with E-state index in [9.17, 15) is 9.18 Å². The largest absolute Gasteiger partial charge is 0.493 e. The lowest BCUT2D eigenvalue weighted by molar-refractivity contribution is -0.118. The SMILES string of the molecule is COc1ccccc1OCC(=O)Nc1ccc(F)c(N)c1. The zero-order valence-corrected chi connectivity index (χ0v) is 11.4. The predicted molar refractivity (Wildman–Crippen MR) is 77.9 cm³/mol. The number of anilines is 2. The van der Waals surface area contributed by atoms with Crippen molar-refractivity contribution >= 4 is 17.3 Å². The molecule has 0 spiro atoms. The third-order valence-corrected chi connectivity index (χ3v) is 2.71. The Morgan fingerprint density at radius 3 is 2.62 bits per heavy atom. The third kappa shape index (κ3) is 3.85. The summed E-state index contributed by atoms with van der Waals surface area (Å²) in [5, 5.41) is 2.57. The van der Waals surface area contributed by atoms with Gasteiger partial charge < -0.3 is 20.5 Å². The number of ether oxygens (including phenoxy) is 2. The van der Waals surface area contributed by atoms with Crippen LogP contribution in [0.5, 0.6) is 11.5 Å². The van der Waals surface area contributed by atoms with Gasteiger partial charge in [-0.2, -0.15) is 0 Å². The number of methoxy groups -OCH3 is 1. The van der Waals surface area contributed by atoms with Crippen molar-refractivity contribution < 1.29 is 18.7 Å². The Morgan fingerprint density at radius 2 is 1.95 bits per heavy atom. The molecule has 0 atom stereocenters. The standard InChI is InChI=1S/C15H15FN2O3/c1-20-13-4-2-3-5-14(13)21-9-15(19)18-10-6-7-11(16)12(17)8-10/h2-8H,9,17H2,1H3,(H,18,19). The summed E-state index contributed by atoms with van der Waals surface area (Å²) in [6, 6.07) is 11.0. The summed E-state index contributed by atoms with van der Waals surface area (Å²) >= 11 is 0. The van der Waals surface area contributed by atoms with E-state index in [-0.39, 0.29) is 18.2 Å². The van der Waals surface area contributed by atoms with Crippen LogP contribution in [0.1, 0.15) is 0 Å². The minimum atomic E-state index is -0.529. The fraction of sp³-hybridized carbons (Fsp3) is 0.133. The Bertz CT molecular complexity index is 647. The second kappa shape index (κ2) is 6.60. The first kappa shape index (κ1) is 14.6. The fourth-order valence-electron chi connectivity index (χ4n) is 1.70. The van der Waals surface area contributed by atoms with Gasteiger partial charge in [-0.3, -0.25) is 4.79 Å². The highest BCUT2D eigenvalue weighted by Gasteiger charge is 2.08. The lowest BCUT2D eigenvalue weighted by Crippen LogP contribution is -2.20. The molecule has 2 rings (SSSR count). The van der Waals surface area contributed by atoms with Crippen LogP contribution < -0.4 is 20.5 Å². The molecular weight excluding hydrogens is 275 g/mol. The van der Waals surface area contributed by atoms with Crippen LogP contribution in [0.3, 0.4) is 0 Å². The van der Waals surface area contributed by atoms with Gasteiger partial charge in [-0.15, -0.1) is 0 Å². The Balaban J connectivity index is 1.94. The first-order chi connectivity index (χ1) is 10.1. The Labute approximate surface area is 121 Å². The predicted octanol–water partition coefficient (Wildman–Crippen LogP) is 2.43. The van der Waals surface area contributed by atoms with Gasteiger partial charge in [0.1, 0.15) is 5.82 Å². The van der Waals surface area contributed by atoms with Gasteiger partial charge in [0, 0.05) is 5.69 Å². The van der Waals surface area contributed by atoms with E-state index in [4.69, 9.17) is 15.2 Å². The molecule has 3 N–H and O–H groups in total. The first-order valence-electron chi connectivity index (χ1n) is 6.21. The van der Waals surface area contributed by atoms with E-state index in [0.717, 1.165) is 0 Å². The molecular formula is C15H15FN2O3. The van der Waals surface area contributed by atoms with Crippen LogP contribution in [0, 0.1) is 5.82 Å². The molecule has 0 unspecified atom stereocenters. The molecule has 5 nitrogen and oxygen atoms in total. The number of nitrogen functional groups attached to an aromatic ring is 1. The number of nitrogens with two attached hydrogens (primary N) is 1. The molecule has 1 amide bonds. The molecule has 2 aromatic rings. The van der Waals surface area contributed by atoms with Crippen molar-refractivity contribution in [1.29, 1.82) is 0 Å². The monoisotopic (exact) mass is 290 g/mol. The van der Waals surface area contributed by atoms with Gasteiger partial charge in [0.05, 0.1) is 12.8 Å². The van der Waals surface area contributed by atoms with E-state index in [0.29, 0.717) is 17.2 Å². The highest BCUT2D eigenvalue weighted by Crippen LogP contribution is 2.25. The summed E-state index contributed by atoms with van der Waals surface area (Å²) in [6.07, 6.45) is 0. The van der Waals surface area contributed by atoms with Crippen LogP contribution >= 0.6 is 0 Å². The van der Waals surface area contributed by atoms with E-state index >= 15 is 0 Å². The molecule has 21 heavy (non-hydrogen) atoms. The second-order valence-electron chi connectivity index (χ2n) is 4.22. The zero-order valence-electron chi connectivity index (χ0n) is 11.4. The van der Waals surface area contributed by atoms with Crippen LogP contribution in [-0.2, 0) is 4.79 Å². The summed E-state index contributed by atoms with van der Waals surface area (Å²) in [5.74, 6) is 0.0929. The summed E-state index contributed by atoms with van der Waals surface area (Å²) in [7, 11) is 1.52. The molecule has 0 fully saturated rings. The Morgan fingerprint density at radius 1 is 1.24 bits per heavy atom. The van der Waals surface area contributed by atoms with Crippen molar-refractivity contribution in [2.24, 2.45) is 0 Å². The maximum absolute atomic E-state index is 13.0. The summed E-state index contributed by atoms with van der Waals surface area (Å²) < 4.78 is 23.5. The van der Waals surface area contributed by atoms with Gasteiger partial charge in [0.2, 0.25) is 0 Å². The number of hydrogen-bond donors (Lipinski definition) is 2. The van der Waals surface area contributed by atoms with Crippen molar-refractivity contribution in [2.45, 2.75) is 0 Å². The number of rotatable bonds is 5. The third-order valence-electron chi connectivity index (χ3n) is 2.71. The number of benzene rings is 2. The molecule has 0 bridgehead atoms. The van der Waals surface area contributed by atoms with Gasteiger partial charge in [-0.1, -0.05) is 12.1 Å². The second-order valence-corrected chi connectivity index (χ2v) is 4.22. The quantitative estimate of drug-likeness (QED) is 0.829. The summed E-state index contributed by atoms with van der Waals surface area (Å²) in [6.45, 7) is -0.197. The van der Waals surface area contributed by atoms with Crippen LogP contribution in [-0.4, -0.2) is 19.6 Å². The van der Waals surface area contributed by atoms with Crippen LogP contribution in [0.4, 0.5) is 15.8 Å². The lowest BCUT2D eigenvalue weighted by atomic mass is 10.2. The van der Waals surface area contributed by atoms with Gasteiger partial charge in [0.15, 0.2) is 18.1 Å². The minimum Gasteiger partial charge on any atom is -0.493 e. The number of carbonyl (C=O) groups is 1. The minimum absolute atomic E-state index is 0.0292. The molecule has 0 aliphatic rings. The van der Waals surface area contributed by atoms with E-state index in [1.54, 1.807) is 24.3 Å². The molecule has 0 aliphatic heterocycles. The number of halogens is 1. The zero-order chi connectivity index (χ0) is 15.2. The first-order valence-corrected chi connectivity index (χ1v) is 6.21. The van der Waals surface area contributed by atoms with Crippen LogP contribution in [0.2, 0.25) is 0 Å². The molecule has 110 valence electrons. The summed E-state index contributed by atoms with van der Waals surface area (Å²) in [5.41, 5.74) is 5.80. The summed E-state index contributed by atoms with van der Waals surface area (Å²) in [4.78, 5) is 11.8. The normalized spacial score (nSPS) is 10.0. The van der Waals surface area contributed by atoms with Crippen molar-refractivity contribution in [1.82, 2.24) is 0 Å². The van der Waals surface area contributed by atoms with Crippen molar-refractivity contribution in [3.63, 3.8) is 0 Å². The molecule has 0 saturated heterocycles. The van der Waals surface area contributed by atoms with Gasteiger partial charge in [-0.05, 0) is 30.3 Å². The molecule has 0 radical (unpaired) electrons. The smallest absolute Gasteiger partial charge is 0.262 e. The number of hydrogen-bond acceptors (Lipinski definition) is 4. The lowest BCUT2D eigenvalue weighted by Gasteiger charge is -2.10.